The summed E-state index contributed by atoms with van der Waals surface area (Å²) in [5.41, 5.74) is -0.588. The maximum atomic E-state index is 13.1. The zero-order valence-electron chi connectivity index (χ0n) is 9.02. The van der Waals surface area contributed by atoms with Crippen LogP contribution in [0.15, 0.2) is 12.3 Å². The van der Waals surface area contributed by atoms with Gasteiger partial charge in [-0.1, -0.05) is 0 Å². The first-order valence-corrected chi connectivity index (χ1v) is 4.96. The molecule has 0 aliphatic rings. The van der Waals surface area contributed by atoms with Gasteiger partial charge in [0.05, 0.1) is 5.56 Å². The second-order valence-corrected chi connectivity index (χ2v) is 3.44. The Bertz CT molecular complexity index is 433. The van der Waals surface area contributed by atoms with Crippen LogP contribution in [-0.4, -0.2) is 23.6 Å². The second-order valence-electron chi connectivity index (χ2n) is 3.44. The fourth-order valence-electron chi connectivity index (χ4n) is 1.18. The number of carbonyl (C=O) groups is 1. The van der Waals surface area contributed by atoms with E-state index in [9.17, 15) is 26.7 Å². The maximum Gasteiger partial charge on any atom is 0.389 e. The number of carbonyl (C=O) groups excluding carboxylic acids is 1. The smallest absolute Gasteiger partial charge is 0.352 e. The van der Waals surface area contributed by atoms with Crippen LogP contribution in [0.4, 0.5) is 22.0 Å². The second kappa shape index (κ2) is 5.74. The highest BCUT2D eigenvalue weighted by molar-refractivity contribution is 5.94. The SMILES string of the molecule is O=C(NCCCC(F)(F)F)c1ccnc(F)c1F. The van der Waals surface area contributed by atoms with E-state index in [0.717, 1.165) is 12.3 Å². The third-order valence-electron chi connectivity index (χ3n) is 2.01. The zero-order chi connectivity index (χ0) is 13.8. The molecule has 0 unspecified atom stereocenters. The van der Waals surface area contributed by atoms with Crippen molar-refractivity contribution >= 4 is 5.91 Å². The Hall–Kier alpha value is -1.73. The Morgan fingerprint density at radius 2 is 2.00 bits per heavy atom. The van der Waals surface area contributed by atoms with E-state index in [2.05, 4.69) is 10.3 Å². The van der Waals surface area contributed by atoms with Gasteiger partial charge in [-0.25, -0.2) is 9.37 Å². The lowest BCUT2D eigenvalue weighted by Gasteiger charge is -2.08. The number of hydrogen-bond donors (Lipinski definition) is 1. The van der Waals surface area contributed by atoms with Gasteiger partial charge in [0, 0.05) is 19.2 Å². The molecule has 1 aromatic heterocycles. The quantitative estimate of drug-likeness (QED) is 0.517. The van der Waals surface area contributed by atoms with E-state index in [1.807, 2.05) is 0 Å². The van der Waals surface area contributed by atoms with Crippen LogP contribution in [0.25, 0.3) is 0 Å². The summed E-state index contributed by atoms with van der Waals surface area (Å²) in [6, 6.07) is 0.942. The molecule has 0 atom stereocenters. The third-order valence-corrected chi connectivity index (χ3v) is 2.01. The van der Waals surface area contributed by atoms with Crippen molar-refractivity contribution in [3.05, 3.63) is 29.6 Å². The summed E-state index contributed by atoms with van der Waals surface area (Å²) >= 11 is 0. The lowest BCUT2D eigenvalue weighted by Crippen LogP contribution is -2.26. The van der Waals surface area contributed by atoms with Gasteiger partial charge in [0.2, 0.25) is 5.95 Å². The van der Waals surface area contributed by atoms with Gasteiger partial charge in [-0.2, -0.15) is 17.6 Å². The molecule has 0 bridgehead atoms. The van der Waals surface area contributed by atoms with Crippen LogP contribution in [0.3, 0.4) is 0 Å². The summed E-state index contributed by atoms with van der Waals surface area (Å²) in [5, 5.41) is 2.07. The van der Waals surface area contributed by atoms with Gasteiger partial charge < -0.3 is 5.32 Å². The molecule has 1 aromatic rings. The van der Waals surface area contributed by atoms with E-state index in [-0.39, 0.29) is 13.0 Å². The molecule has 0 aliphatic heterocycles. The Balaban J connectivity index is 2.49. The molecular formula is C10H9F5N2O. The normalized spacial score (nSPS) is 11.4. The van der Waals surface area contributed by atoms with Gasteiger partial charge in [-0.05, 0) is 12.5 Å². The Morgan fingerprint density at radius 3 is 2.61 bits per heavy atom. The highest BCUT2D eigenvalue weighted by Gasteiger charge is 2.26. The topological polar surface area (TPSA) is 42.0 Å². The fraction of sp³-hybridized carbons (Fsp3) is 0.400. The predicted molar refractivity (Wildman–Crippen MR) is 51.8 cm³/mol. The van der Waals surface area contributed by atoms with Crippen LogP contribution in [-0.2, 0) is 0 Å². The minimum atomic E-state index is -4.31. The summed E-state index contributed by atoms with van der Waals surface area (Å²) in [4.78, 5) is 14.3. The number of rotatable bonds is 4. The Kier molecular flexibility index (Phi) is 4.57. The van der Waals surface area contributed by atoms with E-state index in [1.54, 1.807) is 0 Å². The number of aromatic nitrogens is 1. The van der Waals surface area contributed by atoms with Gasteiger partial charge >= 0.3 is 6.18 Å². The fourth-order valence-corrected chi connectivity index (χ4v) is 1.18. The number of amides is 1. The largest absolute Gasteiger partial charge is 0.389 e. The highest BCUT2D eigenvalue weighted by atomic mass is 19.4. The van der Waals surface area contributed by atoms with Crippen LogP contribution in [0, 0.1) is 11.8 Å². The van der Waals surface area contributed by atoms with E-state index in [0.29, 0.717) is 0 Å². The first-order chi connectivity index (χ1) is 8.31. The molecule has 1 amide bonds. The van der Waals surface area contributed by atoms with Crippen molar-refractivity contribution in [2.45, 2.75) is 19.0 Å². The van der Waals surface area contributed by atoms with Crippen molar-refractivity contribution in [2.75, 3.05) is 6.54 Å². The monoisotopic (exact) mass is 268 g/mol. The van der Waals surface area contributed by atoms with Gasteiger partial charge in [-0.3, -0.25) is 4.79 Å². The van der Waals surface area contributed by atoms with Gasteiger partial charge in [0.25, 0.3) is 5.91 Å². The van der Waals surface area contributed by atoms with Gasteiger partial charge in [0.15, 0.2) is 5.82 Å². The first kappa shape index (κ1) is 14.3. The number of alkyl halides is 3. The molecule has 1 rings (SSSR count). The zero-order valence-corrected chi connectivity index (χ0v) is 9.02. The summed E-state index contributed by atoms with van der Waals surface area (Å²) in [6.07, 6.45) is -4.80. The van der Waals surface area contributed by atoms with E-state index < -0.39 is 35.8 Å². The number of hydrogen-bond acceptors (Lipinski definition) is 2. The number of nitrogens with one attached hydrogen (secondary N) is 1. The van der Waals surface area contributed by atoms with E-state index in [4.69, 9.17) is 0 Å². The van der Waals surface area contributed by atoms with E-state index in [1.165, 1.54) is 0 Å². The maximum absolute atomic E-state index is 13.1. The summed E-state index contributed by atoms with van der Waals surface area (Å²) in [7, 11) is 0. The molecular weight excluding hydrogens is 259 g/mol. The first-order valence-electron chi connectivity index (χ1n) is 4.96. The summed E-state index contributed by atoms with van der Waals surface area (Å²) in [6.45, 7) is -0.276. The van der Waals surface area contributed by atoms with Crippen molar-refractivity contribution in [2.24, 2.45) is 0 Å². The van der Waals surface area contributed by atoms with Crippen LogP contribution in [0.5, 0.6) is 0 Å². The molecule has 100 valence electrons. The molecule has 0 fully saturated rings. The third kappa shape index (κ3) is 4.27. The highest BCUT2D eigenvalue weighted by Crippen LogP contribution is 2.20. The van der Waals surface area contributed by atoms with Crippen molar-refractivity contribution in [3.63, 3.8) is 0 Å². The van der Waals surface area contributed by atoms with Crippen LogP contribution < -0.4 is 5.32 Å². The molecule has 0 aliphatic carbocycles. The van der Waals surface area contributed by atoms with Crippen molar-refractivity contribution in [1.82, 2.24) is 10.3 Å². The number of halogens is 5. The van der Waals surface area contributed by atoms with Crippen LogP contribution in [0.2, 0.25) is 0 Å². The molecule has 3 nitrogen and oxygen atoms in total. The van der Waals surface area contributed by atoms with Crippen LogP contribution >= 0.6 is 0 Å². The summed E-state index contributed by atoms with van der Waals surface area (Å²) in [5.74, 6) is -3.83. The lowest BCUT2D eigenvalue weighted by atomic mass is 10.2. The summed E-state index contributed by atoms with van der Waals surface area (Å²) < 4.78 is 61.1. The average Bonchev–Trinajstić information content (AvgIpc) is 2.26. The predicted octanol–water partition coefficient (Wildman–Crippen LogP) is 2.43. The Labute approximate surface area is 99.0 Å². The minimum absolute atomic E-state index is 0.276. The number of pyridine rings is 1. The molecule has 0 saturated carbocycles. The average molecular weight is 268 g/mol. The van der Waals surface area contributed by atoms with Gasteiger partial charge in [-0.15, -0.1) is 0 Å². The molecule has 0 saturated heterocycles. The molecule has 1 heterocycles. The molecule has 1 N–H and O–H groups in total. The van der Waals surface area contributed by atoms with E-state index >= 15 is 0 Å². The van der Waals surface area contributed by atoms with Crippen molar-refractivity contribution < 1.29 is 26.7 Å². The molecule has 8 heteroatoms. The van der Waals surface area contributed by atoms with Crippen molar-refractivity contribution in [1.29, 1.82) is 0 Å². The Morgan fingerprint density at radius 1 is 1.33 bits per heavy atom. The molecule has 18 heavy (non-hydrogen) atoms. The standard InChI is InChI=1S/C10H9F5N2O/c11-7-6(2-5-16-8(7)12)9(18)17-4-1-3-10(13,14)15/h2,5H,1,3-4H2,(H,17,18). The number of nitrogens with zero attached hydrogens (tertiary/aromatic N) is 1. The van der Waals surface area contributed by atoms with Gasteiger partial charge in [0.1, 0.15) is 0 Å². The molecule has 0 radical (unpaired) electrons. The molecule has 0 aromatic carbocycles. The minimum Gasteiger partial charge on any atom is -0.352 e. The lowest BCUT2D eigenvalue weighted by molar-refractivity contribution is -0.135. The van der Waals surface area contributed by atoms with Crippen LogP contribution in [0.1, 0.15) is 23.2 Å². The van der Waals surface area contributed by atoms with Crippen molar-refractivity contribution in [3.8, 4) is 0 Å². The molecule has 0 spiro atoms.